The van der Waals surface area contributed by atoms with Crippen LogP contribution in [0.15, 0.2) is 76.0 Å². The second-order valence-electron chi connectivity index (χ2n) is 6.12. The molecule has 2 aromatic carbocycles. The van der Waals surface area contributed by atoms with Crippen LogP contribution >= 0.6 is 15.9 Å². The Bertz CT molecular complexity index is 1030. The number of anilines is 1. The van der Waals surface area contributed by atoms with Crippen LogP contribution in [0.25, 0.3) is 11.2 Å². The monoisotopic (exact) mass is 408 g/mol. The number of halogens is 1. The van der Waals surface area contributed by atoms with Gasteiger partial charge in [0.15, 0.2) is 5.65 Å². The first-order chi connectivity index (χ1) is 12.6. The second kappa shape index (κ2) is 6.80. The van der Waals surface area contributed by atoms with Crippen LogP contribution in [-0.4, -0.2) is 14.1 Å². The summed E-state index contributed by atoms with van der Waals surface area (Å²) in [4.78, 5) is 17.6. The number of nitrogens with two attached hydrogens (primary N) is 1. The summed E-state index contributed by atoms with van der Waals surface area (Å²) in [7, 11) is 0. The Kier molecular flexibility index (Phi) is 4.34. The van der Waals surface area contributed by atoms with Gasteiger partial charge in [0.1, 0.15) is 5.82 Å². The lowest BCUT2D eigenvalue weighted by Gasteiger charge is -2.04. The molecule has 0 aliphatic heterocycles. The summed E-state index contributed by atoms with van der Waals surface area (Å²) < 4.78 is 4.10. The lowest BCUT2D eigenvalue weighted by Crippen LogP contribution is -2.25. The Morgan fingerprint density at radius 1 is 0.885 bits per heavy atom. The Morgan fingerprint density at radius 3 is 2.00 bits per heavy atom. The molecule has 0 saturated carbocycles. The largest absolute Gasteiger partial charge is 0.383 e. The van der Waals surface area contributed by atoms with E-state index in [0.29, 0.717) is 29.0 Å². The van der Waals surface area contributed by atoms with Gasteiger partial charge >= 0.3 is 5.69 Å². The first kappa shape index (κ1) is 16.6. The highest BCUT2D eigenvalue weighted by atomic mass is 79.9. The number of nitrogen functional groups attached to an aromatic ring is 1. The first-order valence-corrected chi connectivity index (χ1v) is 9.05. The number of imidazole rings is 1. The van der Waals surface area contributed by atoms with Crippen LogP contribution in [0, 0.1) is 0 Å². The summed E-state index contributed by atoms with van der Waals surface area (Å²) in [5.74, 6) is 0.371. The quantitative estimate of drug-likeness (QED) is 0.560. The van der Waals surface area contributed by atoms with Crippen molar-refractivity contribution in [2.24, 2.45) is 0 Å². The molecule has 4 aromatic rings. The van der Waals surface area contributed by atoms with Gasteiger partial charge in [-0.3, -0.25) is 9.13 Å². The smallest absolute Gasteiger partial charge is 0.330 e. The molecule has 26 heavy (non-hydrogen) atoms. The number of nitrogens with zero attached hydrogens (tertiary/aromatic N) is 3. The van der Waals surface area contributed by atoms with Crippen molar-refractivity contribution >= 4 is 32.9 Å². The van der Waals surface area contributed by atoms with Crippen LogP contribution in [0.2, 0.25) is 0 Å². The topological polar surface area (TPSA) is 65.8 Å². The van der Waals surface area contributed by atoms with E-state index in [1.807, 2.05) is 66.7 Å². The molecule has 0 aliphatic carbocycles. The van der Waals surface area contributed by atoms with Gasteiger partial charge in [-0.25, -0.2) is 9.78 Å². The summed E-state index contributed by atoms with van der Waals surface area (Å²) in [5, 5.41) is 0. The predicted octanol–water partition coefficient (Wildman–Crippen LogP) is 3.64. The van der Waals surface area contributed by atoms with E-state index in [-0.39, 0.29) is 5.69 Å². The first-order valence-electron chi connectivity index (χ1n) is 8.26. The van der Waals surface area contributed by atoms with Gasteiger partial charge in [0.05, 0.1) is 23.1 Å². The molecule has 0 spiro atoms. The van der Waals surface area contributed by atoms with Gasteiger partial charge in [-0.2, -0.15) is 0 Å². The average Bonchev–Trinajstić information content (AvgIpc) is 2.89. The fraction of sp³-hybridized carbons (Fsp3) is 0.100. The minimum Gasteiger partial charge on any atom is -0.383 e. The molecule has 0 bridgehead atoms. The van der Waals surface area contributed by atoms with E-state index in [0.717, 1.165) is 16.6 Å². The zero-order chi connectivity index (χ0) is 18.1. The van der Waals surface area contributed by atoms with Crippen molar-refractivity contribution in [2.45, 2.75) is 13.1 Å². The molecule has 5 nitrogen and oxygen atoms in total. The van der Waals surface area contributed by atoms with Crippen LogP contribution in [-0.2, 0) is 13.1 Å². The predicted molar refractivity (Wildman–Crippen MR) is 107 cm³/mol. The molecule has 0 atom stereocenters. The number of pyridine rings is 1. The van der Waals surface area contributed by atoms with E-state index in [1.54, 1.807) is 9.13 Å². The van der Waals surface area contributed by atoms with E-state index in [2.05, 4.69) is 20.9 Å². The molecule has 130 valence electrons. The van der Waals surface area contributed by atoms with Gasteiger partial charge < -0.3 is 5.73 Å². The van der Waals surface area contributed by atoms with Crippen LogP contribution < -0.4 is 11.4 Å². The van der Waals surface area contributed by atoms with Crippen LogP contribution in [0.4, 0.5) is 5.82 Å². The Morgan fingerprint density at radius 2 is 1.42 bits per heavy atom. The van der Waals surface area contributed by atoms with Crippen molar-refractivity contribution < 1.29 is 0 Å². The highest BCUT2D eigenvalue weighted by Gasteiger charge is 2.17. The van der Waals surface area contributed by atoms with Crippen molar-refractivity contribution in [3.05, 3.63) is 92.8 Å². The lowest BCUT2D eigenvalue weighted by atomic mass is 10.2. The Balaban J connectivity index is 1.90. The highest BCUT2D eigenvalue weighted by molar-refractivity contribution is 9.10. The van der Waals surface area contributed by atoms with Crippen molar-refractivity contribution in [1.82, 2.24) is 14.1 Å². The second-order valence-corrected chi connectivity index (χ2v) is 6.98. The average molecular weight is 409 g/mol. The van der Waals surface area contributed by atoms with Crippen molar-refractivity contribution in [3.8, 4) is 0 Å². The summed E-state index contributed by atoms with van der Waals surface area (Å²) in [6.45, 7) is 0.933. The lowest BCUT2D eigenvalue weighted by molar-refractivity contribution is 0.698. The fourth-order valence-electron chi connectivity index (χ4n) is 3.05. The van der Waals surface area contributed by atoms with Gasteiger partial charge in [0.2, 0.25) is 0 Å². The molecule has 6 heteroatoms. The number of benzene rings is 2. The third-order valence-electron chi connectivity index (χ3n) is 4.34. The molecule has 0 unspecified atom stereocenters. The van der Waals surface area contributed by atoms with E-state index in [1.165, 1.54) is 0 Å². The molecular formula is C20H17BrN4O. The third kappa shape index (κ3) is 3.04. The Labute approximate surface area is 158 Å². The zero-order valence-corrected chi connectivity index (χ0v) is 15.6. The maximum atomic E-state index is 13.1. The summed E-state index contributed by atoms with van der Waals surface area (Å²) >= 11 is 3.42. The van der Waals surface area contributed by atoms with E-state index in [4.69, 9.17) is 5.73 Å². The maximum Gasteiger partial charge on any atom is 0.330 e. The molecule has 2 N–H and O–H groups in total. The SMILES string of the molecule is Nc1nc2c(cc1Br)n(Cc1ccccc1)c(=O)n2Cc1ccccc1. The molecule has 0 aliphatic rings. The van der Waals surface area contributed by atoms with Crippen LogP contribution in [0.1, 0.15) is 11.1 Å². The summed E-state index contributed by atoms with van der Waals surface area (Å²) in [5.41, 5.74) is 9.33. The standard InChI is InChI=1S/C20H17BrN4O/c21-16-11-17-19(23-18(16)22)25(13-15-9-5-2-6-10-15)20(26)24(17)12-14-7-3-1-4-8-14/h1-11H,12-13H2,(H2,22,23). The normalized spacial score (nSPS) is 11.1. The van der Waals surface area contributed by atoms with Gasteiger partial charge in [0.25, 0.3) is 0 Å². The van der Waals surface area contributed by atoms with Crippen molar-refractivity contribution in [2.75, 3.05) is 5.73 Å². The minimum absolute atomic E-state index is 0.0993. The van der Waals surface area contributed by atoms with E-state index >= 15 is 0 Å². The van der Waals surface area contributed by atoms with Gasteiger partial charge in [0, 0.05) is 0 Å². The van der Waals surface area contributed by atoms with Gasteiger partial charge in [-0.05, 0) is 33.1 Å². The van der Waals surface area contributed by atoms with Gasteiger partial charge in [-0.15, -0.1) is 0 Å². The minimum atomic E-state index is -0.0993. The van der Waals surface area contributed by atoms with E-state index in [9.17, 15) is 4.79 Å². The third-order valence-corrected chi connectivity index (χ3v) is 4.97. The molecule has 4 rings (SSSR count). The zero-order valence-electron chi connectivity index (χ0n) is 14.0. The number of hydrogen-bond acceptors (Lipinski definition) is 3. The fourth-order valence-corrected chi connectivity index (χ4v) is 3.35. The molecule has 0 saturated heterocycles. The number of fused-ring (bicyclic) bond motifs is 1. The Hall–Kier alpha value is -2.86. The number of hydrogen-bond donors (Lipinski definition) is 1. The summed E-state index contributed by atoms with van der Waals surface area (Å²) in [6, 6.07) is 21.6. The maximum absolute atomic E-state index is 13.1. The van der Waals surface area contributed by atoms with E-state index < -0.39 is 0 Å². The molecule has 0 amide bonds. The molecule has 0 fully saturated rings. The molecule has 2 heterocycles. The molecule has 0 radical (unpaired) electrons. The van der Waals surface area contributed by atoms with Crippen molar-refractivity contribution in [3.63, 3.8) is 0 Å². The van der Waals surface area contributed by atoms with Crippen LogP contribution in [0.3, 0.4) is 0 Å². The van der Waals surface area contributed by atoms with Crippen molar-refractivity contribution in [1.29, 1.82) is 0 Å². The van der Waals surface area contributed by atoms with Gasteiger partial charge in [-0.1, -0.05) is 60.7 Å². The summed E-state index contributed by atoms with van der Waals surface area (Å²) in [6.07, 6.45) is 0. The highest BCUT2D eigenvalue weighted by Crippen LogP contribution is 2.23. The number of rotatable bonds is 4. The number of aromatic nitrogens is 3. The van der Waals surface area contributed by atoms with Crippen LogP contribution in [0.5, 0.6) is 0 Å². The molecule has 2 aromatic heterocycles. The molecular weight excluding hydrogens is 392 g/mol.